The van der Waals surface area contributed by atoms with Crippen LogP contribution in [0.15, 0.2) is 0 Å². The van der Waals surface area contributed by atoms with Gasteiger partial charge in [-0.1, -0.05) is 13.8 Å². The van der Waals surface area contributed by atoms with Crippen molar-refractivity contribution in [3.05, 3.63) is 0 Å². The zero-order chi connectivity index (χ0) is 10.7. The van der Waals surface area contributed by atoms with E-state index in [4.69, 9.17) is 0 Å². The van der Waals surface area contributed by atoms with E-state index in [2.05, 4.69) is 24.5 Å². The van der Waals surface area contributed by atoms with Crippen molar-refractivity contribution in [2.45, 2.75) is 45.6 Å². The highest BCUT2D eigenvalue weighted by atomic mass is 15.0. The molecule has 3 atom stereocenters. The normalized spacial score (nSPS) is 34.0. The van der Waals surface area contributed by atoms with Gasteiger partial charge in [0.2, 0.25) is 0 Å². The van der Waals surface area contributed by atoms with Crippen LogP contribution in [0.25, 0.3) is 0 Å². The first kappa shape index (κ1) is 11.4. The first-order valence-electron chi connectivity index (χ1n) is 6.70. The van der Waals surface area contributed by atoms with Crippen LogP contribution in [0.4, 0.5) is 0 Å². The summed E-state index contributed by atoms with van der Waals surface area (Å²) in [7, 11) is 0. The third-order valence-corrected chi connectivity index (χ3v) is 4.04. The van der Waals surface area contributed by atoms with Crippen LogP contribution >= 0.6 is 0 Å². The SMILES string of the molecule is CC1CCNC(CNCC(C)C2CC2)C1. The maximum Gasteiger partial charge on any atom is 0.0195 e. The van der Waals surface area contributed by atoms with Gasteiger partial charge >= 0.3 is 0 Å². The lowest BCUT2D eigenvalue weighted by molar-refractivity contribution is 0.305. The lowest BCUT2D eigenvalue weighted by Crippen LogP contribution is -2.44. The van der Waals surface area contributed by atoms with Crippen LogP contribution in [0.5, 0.6) is 0 Å². The van der Waals surface area contributed by atoms with E-state index in [1.165, 1.54) is 45.3 Å². The molecule has 2 N–H and O–H groups in total. The molecule has 1 saturated carbocycles. The number of hydrogen-bond donors (Lipinski definition) is 2. The van der Waals surface area contributed by atoms with E-state index in [0.29, 0.717) is 0 Å². The molecule has 1 heterocycles. The van der Waals surface area contributed by atoms with Gasteiger partial charge in [0, 0.05) is 12.6 Å². The molecule has 0 amide bonds. The molecule has 2 aliphatic rings. The summed E-state index contributed by atoms with van der Waals surface area (Å²) in [6, 6.07) is 0.722. The van der Waals surface area contributed by atoms with Crippen molar-refractivity contribution in [2.75, 3.05) is 19.6 Å². The average Bonchev–Trinajstić information content (AvgIpc) is 3.00. The fourth-order valence-corrected chi connectivity index (χ4v) is 2.69. The third-order valence-electron chi connectivity index (χ3n) is 4.04. The molecule has 0 bridgehead atoms. The first-order valence-corrected chi connectivity index (χ1v) is 6.70. The Kier molecular flexibility index (Phi) is 4.04. The summed E-state index contributed by atoms with van der Waals surface area (Å²) in [6.07, 6.45) is 5.66. The zero-order valence-electron chi connectivity index (χ0n) is 10.3. The zero-order valence-corrected chi connectivity index (χ0v) is 10.3. The number of rotatable bonds is 5. The quantitative estimate of drug-likeness (QED) is 0.725. The van der Waals surface area contributed by atoms with Gasteiger partial charge in [-0.05, 0) is 56.5 Å². The summed E-state index contributed by atoms with van der Waals surface area (Å²) in [6.45, 7) is 8.37. The van der Waals surface area contributed by atoms with Gasteiger partial charge < -0.3 is 10.6 Å². The monoisotopic (exact) mass is 210 g/mol. The van der Waals surface area contributed by atoms with Crippen LogP contribution in [-0.2, 0) is 0 Å². The Morgan fingerprint density at radius 1 is 1.33 bits per heavy atom. The molecule has 0 spiro atoms. The van der Waals surface area contributed by atoms with E-state index >= 15 is 0 Å². The average molecular weight is 210 g/mol. The van der Waals surface area contributed by atoms with E-state index in [1.54, 1.807) is 0 Å². The highest BCUT2D eigenvalue weighted by Crippen LogP contribution is 2.36. The Morgan fingerprint density at radius 2 is 2.13 bits per heavy atom. The molecule has 1 aliphatic carbocycles. The Bertz CT molecular complexity index is 189. The van der Waals surface area contributed by atoms with Gasteiger partial charge in [-0.15, -0.1) is 0 Å². The van der Waals surface area contributed by atoms with Crippen molar-refractivity contribution in [1.82, 2.24) is 10.6 Å². The fourth-order valence-electron chi connectivity index (χ4n) is 2.69. The van der Waals surface area contributed by atoms with Crippen molar-refractivity contribution in [3.8, 4) is 0 Å². The van der Waals surface area contributed by atoms with Crippen LogP contribution < -0.4 is 10.6 Å². The molecule has 0 aromatic heterocycles. The summed E-state index contributed by atoms with van der Waals surface area (Å²) in [4.78, 5) is 0. The van der Waals surface area contributed by atoms with Crippen LogP contribution in [0.1, 0.15) is 39.5 Å². The Hall–Kier alpha value is -0.0800. The number of piperidine rings is 1. The van der Waals surface area contributed by atoms with Gasteiger partial charge in [0.15, 0.2) is 0 Å². The molecule has 2 rings (SSSR count). The van der Waals surface area contributed by atoms with E-state index in [1.807, 2.05) is 0 Å². The molecule has 0 aromatic carbocycles. The van der Waals surface area contributed by atoms with Gasteiger partial charge in [0.25, 0.3) is 0 Å². The van der Waals surface area contributed by atoms with Crippen molar-refractivity contribution in [2.24, 2.45) is 17.8 Å². The molecule has 3 unspecified atom stereocenters. The van der Waals surface area contributed by atoms with E-state index < -0.39 is 0 Å². The predicted molar refractivity (Wildman–Crippen MR) is 64.9 cm³/mol. The molecule has 2 heteroatoms. The largest absolute Gasteiger partial charge is 0.315 e. The standard InChI is InChI=1S/C13H26N2/c1-10-5-6-15-13(7-10)9-14-8-11(2)12-3-4-12/h10-15H,3-9H2,1-2H3. The van der Waals surface area contributed by atoms with E-state index in [9.17, 15) is 0 Å². The molecular formula is C13H26N2. The van der Waals surface area contributed by atoms with E-state index in [0.717, 1.165) is 23.8 Å². The van der Waals surface area contributed by atoms with Crippen LogP contribution in [0.2, 0.25) is 0 Å². The summed E-state index contributed by atoms with van der Waals surface area (Å²) >= 11 is 0. The summed E-state index contributed by atoms with van der Waals surface area (Å²) < 4.78 is 0. The smallest absolute Gasteiger partial charge is 0.0195 e. The van der Waals surface area contributed by atoms with Gasteiger partial charge in [-0.25, -0.2) is 0 Å². The van der Waals surface area contributed by atoms with Crippen molar-refractivity contribution in [3.63, 3.8) is 0 Å². The molecule has 1 saturated heterocycles. The topological polar surface area (TPSA) is 24.1 Å². The molecule has 1 aliphatic heterocycles. The summed E-state index contributed by atoms with van der Waals surface area (Å²) in [5, 5.41) is 7.24. The maximum absolute atomic E-state index is 3.63. The molecular weight excluding hydrogens is 184 g/mol. The lowest BCUT2D eigenvalue weighted by atomic mass is 9.94. The lowest BCUT2D eigenvalue weighted by Gasteiger charge is -2.28. The second kappa shape index (κ2) is 5.31. The second-order valence-corrected chi connectivity index (χ2v) is 5.75. The summed E-state index contributed by atoms with van der Waals surface area (Å²) in [5.74, 6) is 2.85. The van der Waals surface area contributed by atoms with Crippen LogP contribution in [-0.4, -0.2) is 25.7 Å². The Balaban J connectivity index is 1.56. The molecule has 0 radical (unpaired) electrons. The van der Waals surface area contributed by atoms with Gasteiger partial charge in [0.1, 0.15) is 0 Å². The molecule has 2 fully saturated rings. The van der Waals surface area contributed by atoms with Crippen molar-refractivity contribution in [1.29, 1.82) is 0 Å². The minimum Gasteiger partial charge on any atom is -0.315 e. The second-order valence-electron chi connectivity index (χ2n) is 5.75. The van der Waals surface area contributed by atoms with Crippen molar-refractivity contribution >= 4 is 0 Å². The van der Waals surface area contributed by atoms with Gasteiger partial charge in [-0.3, -0.25) is 0 Å². The summed E-state index contributed by atoms with van der Waals surface area (Å²) in [5.41, 5.74) is 0. The predicted octanol–water partition coefficient (Wildman–Crippen LogP) is 2.01. The first-order chi connectivity index (χ1) is 7.25. The highest BCUT2D eigenvalue weighted by Gasteiger charge is 2.27. The fraction of sp³-hybridized carbons (Fsp3) is 1.00. The minimum atomic E-state index is 0.722. The molecule has 0 aromatic rings. The van der Waals surface area contributed by atoms with Crippen LogP contribution in [0, 0.1) is 17.8 Å². The third kappa shape index (κ3) is 3.76. The highest BCUT2D eigenvalue weighted by molar-refractivity contribution is 4.82. The van der Waals surface area contributed by atoms with Gasteiger partial charge in [0.05, 0.1) is 0 Å². The molecule has 2 nitrogen and oxygen atoms in total. The number of nitrogens with one attached hydrogen (secondary N) is 2. The van der Waals surface area contributed by atoms with Crippen LogP contribution in [0.3, 0.4) is 0 Å². The minimum absolute atomic E-state index is 0.722. The maximum atomic E-state index is 3.63. The Labute approximate surface area is 94.2 Å². The molecule has 88 valence electrons. The van der Waals surface area contributed by atoms with Crippen molar-refractivity contribution < 1.29 is 0 Å². The van der Waals surface area contributed by atoms with E-state index in [-0.39, 0.29) is 0 Å². The van der Waals surface area contributed by atoms with Gasteiger partial charge in [-0.2, -0.15) is 0 Å². The Morgan fingerprint density at radius 3 is 2.80 bits per heavy atom. The number of hydrogen-bond acceptors (Lipinski definition) is 2. The molecule has 15 heavy (non-hydrogen) atoms.